The summed E-state index contributed by atoms with van der Waals surface area (Å²) in [5.74, 6) is 0.472. The van der Waals surface area contributed by atoms with Crippen LogP contribution in [0, 0.1) is 13.8 Å². The van der Waals surface area contributed by atoms with E-state index in [2.05, 4.69) is 21.9 Å². The third-order valence-corrected chi connectivity index (χ3v) is 6.69. The van der Waals surface area contributed by atoms with Crippen molar-refractivity contribution in [1.82, 2.24) is 15.0 Å². The SMILES string of the molecule is CCC1(CCOc2ccnc(CS(=O)c3nc4c(C)cccc4[nH]3)c2C)OCCO1.[H-].[Na+]. The number of nitrogens with one attached hydrogen (secondary N) is 1. The Morgan fingerprint density at radius 2 is 2.03 bits per heavy atom. The van der Waals surface area contributed by atoms with Crippen LogP contribution in [0.4, 0.5) is 0 Å². The molecule has 2 aromatic heterocycles. The Hall–Kier alpha value is -1.29. The maximum Gasteiger partial charge on any atom is 1.00 e. The largest absolute Gasteiger partial charge is 1.00 e. The van der Waals surface area contributed by atoms with E-state index < -0.39 is 16.6 Å². The number of para-hydroxylation sites is 1. The number of aromatic nitrogens is 3. The molecule has 1 aromatic carbocycles. The average Bonchev–Trinajstić information content (AvgIpc) is 3.39. The molecule has 0 spiro atoms. The molecule has 4 rings (SSSR count). The summed E-state index contributed by atoms with van der Waals surface area (Å²) in [6, 6.07) is 7.72. The van der Waals surface area contributed by atoms with Crippen LogP contribution in [-0.4, -0.2) is 44.8 Å². The van der Waals surface area contributed by atoms with E-state index in [4.69, 9.17) is 14.2 Å². The van der Waals surface area contributed by atoms with Gasteiger partial charge in [0.25, 0.3) is 0 Å². The van der Waals surface area contributed by atoms with Crippen molar-refractivity contribution in [2.75, 3.05) is 19.8 Å². The minimum atomic E-state index is -1.33. The summed E-state index contributed by atoms with van der Waals surface area (Å²) in [6.07, 6.45) is 3.13. The van der Waals surface area contributed by atoms with Crippen molar-refractivity contribution in [2.45, 2.75) is 50.3 Å². The van der Waals surface area contributed by atoms with Crippen LogP contribution in [0.1, 0.15) is 38.0 Å². The van der Waals surface area contributed by atoms with Crippen molar-refractivity contribution in [2.24, 2.45) is 0 Å². The molecule has 0 aliphatic carbocycles. The normalized spacial score (nSPS) is 16.2. The van der Waals surface area contributed by atoms with E-state index in [-0.39, 0.29) is 36.7 Å². The van der Waals surface area contributed by atoms with Crippen LogP contribution in [-0.2, 0) is 26.0 Å². The minimum absolute atomic E-state index is 0. The van der Waals surface area contributed by atoms with Gasteiger partial charge < -0.3 is 20.6 Å². The fraction of sp³-hybridized carbons (Fsp3) is 0.455. The Labute approximate surface area is 208 Å². The fourth-order valence-corrected chi connectivity index (χ4v) is 4.75. The smallest absolute Gasteiger partial charge is 1.00 e. The van der Waals surface area contributed by atoms with Crippen LogP contribution in [0.3, 0.4) is 0 Å². The number of aromatic amines is 1. The van der Waals surface area contributed by atoms with Gasteiger partial charge >= 0.3 is 29.6 Å². The predicted octanol–water partition coefficient (Wildman–Crippen LogP) is 0.921. The second-order valence-electron chi connectivity index (χ2n) is 7.44. The Bertz CT molecular complexity index is 1070. The van der Waals surface area contributed by atoms with E-state index in [9.17, 15) is 4.21 Å². The molecule has 31 heavy (non-hydrogen) atoms. The standard InChI is InChI=1S/C22H27N3O4S.Na.H/c1-4-22(28-12-13-29-22)9-11-27-19-8-10-23-18(16(19)3)14-30(26)21-24-17-7-5-6-15(2)20(17)25-21;;/h5-8,10H,4,9,11-14H2,1-3H3,(H,24,25);;/q;+1;-1. The first-order valence-electron chi connectivity index (χ1n) is 10.2. The van der Waals surface area contributed by atoms with Crippen molar-refractivity contribution in [3.8, 4) is 5.75 Å². The van der Waals surface area contributed by atoms with Gasteiger partial charge in [-0.2, -0.15) is 0 Å². The monoisotopic (exact) mass is 453 g/mol. The van der Waals surface area contributed by atoms with Crippen molar-refractivity contribution in [3.05, 3.63) is 47.3 Å². The zero-order chi connectivity index (χ0) is 21.1. The van der Waals surface area contributed by atoms with Crippen LogP contribution in [0.2, 0.25) is 0 Å². The second kappa shape index (κ2) is 10.6. The first-order chi connectivity index (χ1) is 14.5. The molecule has 162 valence electrons. The number of H-pyrrole nitrogens is 1. The first-order valence-corrected chi connectivity index (χ1v) is 11.5. The van der Waals surface area contributed by atoms with Gasteiger partial charge in [-0.05, 0) is 38.0 Å². The van der Waals surface area contributed by atoms with Gasteiger partial charge in [-0.25, -0.2) is 4.98 Å². The van der Waals surface area contributed by atoms with E-state index in [0.29, 0.717) is 31.4 Å². The van der Waals surface area contributed by atoms with Gasteiger partial charge in [-0.15, -0.1) is 0 Å². The van der Waals surface area contributed by atoms with E-state index in [1.54, 1.807) is 6.20 Å². The number of rotatable bonds is 8. The minimum Gasteiger partial charge on any atom is -1.00 e. The number of hydrogen-bond donors (Lipinski definition) is 1. The molecule has 0 radical (unpaired) electrons. The number of fused-ring (bicyclic) bond motifs is 1. The molecule has 0 amide bonds. The molecule has 7 nitrogen and oxygen atoms in total. The van der Waals surface area contributed by atoms with Crippen molar-refractivity contribution in [3.63, 3.8) is 0 Å². The molecule has 1 atom stereocenters. The molecule has 0 bridgehead atoms. The molecule has 9 heteroatoms. The van der Waals surface area contributed by atoms with Crippen molar-refractivity contribution in [1.29, 1.82) is 0 Å². The Balaban J connectivity index is 0.00000181. The molecule has 1 N–H and O–H groups in total. The number of pyridine rings is 1. The number of benzene rings is 1. The molecular weight excluding hydrogens is 425 g/mol. The van der Waals surface area contributed by atoms with Crippen molar-refractivity contribution < 1.29 is 49.4 Å². The number of imidazole rings is 1. The molecule has 1 saturated heterocycles. The van der Waals surface area contributed by atoms with Gasteiger partial charge in [0.2, 0.25) is 0 Å². The third kappa shape index (κ3) is 5.38. The molecule has 3 heterocycles. The van der Waals surface area contributed by atoms with Gasteiger partial charge in [0, 0.05) is 18.2 Å². The zero-order valence-corrected chi connectivity index (χ0v) is 21.4. The maximum atomic E-state index is 12.9. The summed E-state index contributed by atoms with van der Waals surface area (Å²) in [5, 5.41) is 0.465. The number of ether oxygens (including phenoxy) is 3. The Kier molecular flexibility index (Phi) is 8.29. The molecule has 1 aliphatic rings. The topological polar surface area (TPSA) is 86.3 Å². The molecular formula is C22H28N3NaO4S. The van der Waals surface area contributed by atoms with Gasteiger partial charge in [-0.3, -0.25) is 9.19 Å². The van der Waals surface area contributed by atoms with E-state index in [0.717, 1.165) is 40.0 Å². The molecule has 1 unspecified atom stereocenters. The Morgan fingerprint density at radius 3 is 2.74 bits per heavy atom. The number of nitrogens with zero attached hydrogens (tertiary/aromatic N) is 2. The van der Waals surface area contributed by atoms with Crippen molar-refractivity contribution >= 4 is 21.8 Å². The predicted molar refractivity (Wildman–Crippen MR) is 116 cm³/mol. The summed E-state index contributed by atoms with van der Waals surface area (Å²) in [6.45, 7) is 7.71. The molecule has 1 aliphatic heterocycles. The van der Waals surface area contributed by atoms with Crippen LogP contribution in [0.25, 0.3) is 11.0 Å². The summed E-state index contributed by atoms with van der Waals surface area (Å²) in [4.78, 5) is 12.1. The van der Waals surface area contributed by atoms with Gasteiger partial charge in [0.05, 0.1) is 53.1 Å². The zero-order valence-electron chi connectivity index (χ0n) is 19.6. The molecule has 1 fully saturated rings. The first kappa shape index (κ1) is 24.4. The van der Waals surface area contributed by atoms with E-state index >= 15 is 0 Å². The molecule has 3 aromatic rings. The van der Waals surface area contributed by atoms with Crippen LogP contribution in [0.15, 0.2) is 35.6 Å². The summed E-state index contributed by atoms with van der Waals surface area (Å²) < 4.78 is 30.4. The maximum absolute atomic E-state index is 12.9. The van der Waals surface area contributed by atoms with Gasteiger partial charge in [-0.1, -0.05) is 19.1 Å². The Morgan fingerprint density at radius 1 is 1.26 bits per heavy atom. The van der Waals surface area contributed by atoms with Crippen LogP contribution >= 0.6 is 0 Å². The van der Waals surface area contributed by atoms with Crippen LogP contribution < -0.4 is 34.3 Å². The average molecular weight is 454 g/mol. The number of aryl methyl sites for hydroxylation is 1. The van der Waals surface area contributed by atoms with Gasteiger partial charge in [0.15, 0.2) is 10.9 Å². The van der Waals surface area contributed by atoms with E-state index in [1.807, 2.05) is 38.1 Å². The third-order valence-electron chi connectivity index (χ3n) is 5.53. The second-order valence-corrected chi connectivity index (χ2v) is 8.81. The quantitative estimate of drug-likeness (QED) is 0.511. The van der Waals surface area contributed by atoms with E-state index in [1.165, 1.54) is 0 Å². The summed E-state index contributed by atoms with van der Waals surface area (Å²) >= 11 is 0. The fourth-order valence-electron chi connectivity index (χ4n) is 3.65. The van der Waals surface area contributed by atoms with Crippen LogP contribution in [0.5, 0.6) is 5.75 Å². The summed E-state index contributed by atoms with van der Waals surface area (Å²) in [5.41, 5.74) is 4.42. The number of hydrogen-bond acceptors (Lipinski definition) is 6. The summed E-state index contributed by atoms with van der Waals surface area (Å²) in [7, 11) is -1.33. The molecule has 0 saturated carbocycles. The van der Waals surface area contributed by atoms with Gasteiger partial charge in [0.1, 0.15) is 5.75 Å².